The lowest BCUT2D eigenvalue weighted by Gasteiger charge is -2.18. The van der Waals surface area contributed by atoms with Gasteiger partial charge in [-0.15, -0.1) is 11.3 Å². The number of hydrogen-bond acceptors (Lipinski definition) is 7. The molecular formula is C20H18FN3O5S. The lowest BCUT2D eigenvalue weighted by molar-refractivity contribution is 0.0782. The molecule has 0 atom stereocenters. The highest BCUT2D eigenvalue weighted by atomic mass is 32.1. The minimum atomic E-state index is -1.51. The van der Waals surface area contributed by atoms with Crippen molar-refractivity contribution in [2.24, 2.45) is 5.73 Å². The summed E-state index contributed by atoms with van der Waals surface area (Å²) in [6.07, 6.45) is -1.51. The maximum atomic E-state index is 14.7. The molecule has 3 aromatic rings. The Morgan fingerprint density at radius 1 is 1.23 bits per heavy atom. The molecule has 1 amide bonds. The summed E-state index contributed by atoms with van der Waals surface area (Å²) in [6, 6.07) is 10.2. The summed E-state index contributed by atoms with van der Waals surface area (Å²) < 4.78 is 19.2. The van der Waals surface area contributed by atoms with E-state index in [4.69, 9.17) is 10.8 Å². The maximum Gasteiger partial charge on any atom is 0.512 e. The van der Waals surface area contributed by atoms with Gasteiger partial charge in [-0.3, -0.25) is 4.79 Å². The van der Waals surface area contributed by atoms with Gasteiger partial charge in [0.15, 0.2) is 0 Å². The Bertz CT molecular complexity index is 1120. The third kappa shape index (κ3) is 4.73. The molecule has 0 radical (unpaired) electrons. The minimum absolute atomic E-state index is 0.118. The monoisotopic (exact) mass is 431 g/mol. The van der Waals surface area contributed by atoms with Gasteiger partial charge in [0, 0.05) is 16.5 Å². The molecule has 0 saturated carbocycles. The van der Waals surface area contributed by atoms with Crippen molar-refractivity contribution in [3.05, 3.63) is 59.4 Å². The second kappa shape index (κ2) is 8.09. The number of thiophene rings is 1. The number of rotatable bonds is 6. The first kappa shape index (κ1) is 21.2. The van der Waals surface area contributed by atoms with E-state index >= 15 is 0 Å². The molecule has 156 valence electrons. The molecule has 5 N–H and O–H groups in total. The first-order valence-electron chi connectivity index (χ1n) is 8.66. The first-order valence-corrected chi connectivity index (χ1v) is 9.47. The van der Waals surface area contributed by atoms with E-state index in [0.717, 1.165) is 11.3 Å². The zero-order valence-electron chi connectivity index (χ0n) is 16.0. The van der Waals surface area contributed by atoms with Gasteiger partial charge in [-0.25, -0.2) is 9.18 Å². The fourth-order valence-corrected chi connectivity index (χ4v) is 3.74. The number of nitrogens with one attached hydrogen (secondary N) is 1. The Hall–Kier alpha value is -3.50. The smallest absolute Gasteiger partial charge is 0.449 e. The molecule has 0 unspecified atom stereocenters. The van der Waals surface area contributed by atoms with Crippen molar-refractivity contribution in [1.82, 2.24) is 4.98 Å². The lowest BCUT2D eigenvalue weighted by atomic mass is 9.96. The lowest BCUT2D eigenvalue weighted by Crippen LogP contribution is -2.15. The number of carbonyl (C=O) groups is 2. The number of ether oxygens (including phenoxy) is 1. The van der Waals surface area contributed by atoms with Gasteiger partial charge in [-0.2, -0.15) is 4.98 Å². The summed E-state index contributed by atoms with van der Waals surface area (Å²) in [5.41, 5.74) is 5.02. The summed E-state index contributed by atoms with van der Waals surface area (Å²) in [5.74, 6) is -1.24. The summed E-state index contributed by atoms with van der Waals surface area (Å²) >= 11 is 1.07. The molecule has 8 nitrogen and oxygen atoms in total. The van der Waals surface area contributed by atoms with Crippen LogP contribution in [0.3, 0.4) is 0 Å². The third-order valence-corrected chi connectivity index (χ3v) is 5.18. The van der Waals surface area contributed by atoms with Crippen LogP contribution in [0.2, 0.25) is 0 Å². The van der Waals surface area contributed by atoms with Crippen molar-refractivity contribution in [3.8, 4) is 16.3 Å². The van der Waals surface area contributed by atoms with Gasteiger partial charge in [0.1, 0.15) is 16.6 Å². The topological polar surface area (TPSA) is 135 Å². The number of aromatic nitrogens is 1. The van der Waals surface area contributed by atoms with Gasteiger partial charge < -0.3 is 26.0 Å². The van der Waals surface area contributed by atoms with Crippen LogP contribution in [0.5, 0.6) is 5.88 Å². The molecule has 0 aliphatic carbocycles. The largest absolute Gasteiger partial charge is 0.512 e. The number of amides is 1. The van der Waals surface area contributed by atoms with E-state index in [2.05, 4.69) is 15.0 Å². The number of pyridine rings is 1. The predicted molar refractivity (Wildman–Crippen MR) is 110 cm³/mol. The predicted octanol–water partition coefficient (Wildman–Crippen LogP) is 4.08. The van der Waals surface area contributed by atoms with Crippen LogP contribution >= 0.6 is 11.3 Å². The Morgan fingerprint density at radius 3 is 2.57 bits per heavy atom. The second-order valence-electron chi connectivity index (χ2n) is 6.83. The number of primary amides is 1. The van der Waals surface area contributed by atoms with Gasteiger partial charge >= 0.3 is 6.16 Å². The average molecular weight is 431 g/mol. The highest BCUT2D eigenvalue weighted by molar-refractivity contribution is 7.19. The zero-order chi connectivity index (χ0) is 22.1. The summed E-state index contributed by atoms with van der Waals surface area (Å²) in [4.78, 5) is 27.0. The van der Waals surface area contributed by atoms with Crippen LogP contribution in [-0.4, -0.2) is 27.3 Å². The normalized spacial score (nSPS) is 11.2. The average Bonchev–Trinajstić information content (AvgIpc) is 3.04. The second-order valence-corrected chi connectivity index (χ2v) is 7.88. The number of nitrogens with zero attached hydrogens (tertiary/aromatic N) is 1. The number of benzene rings is 1. The van der Waals surface area contributed by atoms with Crippen LogP contribution in [0.4, 0.5) is 20.0 Å². The van der Waals surface area contributed by atoms with Gasteiger partial charge in [0.25, 0.3) is 5.91 Å². The van der Waals surface area contributed by atoms with Gasteiger partial charge in [0.2, 0.25) is 5.88 Å². The quantitative estimate of drug-likeness (QED) is 0.432. The molecule has 2 heterocycles. The number of carboxylic acid groups (broad SMARTS) is 1. The van der Waals surface area contributed by atoms with E-state index in [0.29, 0.717) is 15.4 Å². The van der Waals surface area contributed by atoms with Crippen molar-refractivity contribution in [2.45, 2.75) is 19.4 Å². The molecule has 0 saturated heterocycles. The molecule has 0 spiro atoms. The Kier molecular flexibility index (Phi) is 5.72. The highest BCUT2D eigenvalue weighted by Crippen LogP contribution is 2.38. The van der Waals surface area contributed by atoms with Crippen LogP contribution in [0.1, 0.15) is 29.8 Å². The Balaban J connectivity index is 1.97. The van der Waals surface area contributed by atoms with E-state index in [1.54, 1.807) is 19.9 Å². The molecular weight excluding hydrogens is 413 g/mol. The Morgan fingerprint density at radius 2 is 1.97 bits per heavy atom. The molecule has 1 aromatic carbocycles. The fraction of sp³-hybridized carbons (Fsp3) is 0.150. The molecule has 30 heavy (non-hydrogen) atoms. The van der Waals surface area contributed by atoms with Crippen molar-refractivity contribution >= 4 is 34.2 Å². The summed E-state index contributed by atoms with van der Waals surface area (Å²) in [6.45, 7) is 3.10. The number of aliphatic hydroxyl groups is 1. The maximum absolute atomic E-state index is 14.7. The van der Waals surface area contributed by atoms with Crippen LogP contribution in [0, 0.1) is 5.82 Å². The van der Waals surface area contributed by atoms with Gasteiger partial charge in [-0.1, -0.05) is 18.2 Å². The zero-order valence-corrected chi connectivity index (χ0v) is 16.8. The number of nitrogens with two attached hydrogens (primary N) is 1. The van der Waals surface area contributed by atoms with Crippen molar-refractivity contribution in [3.63, 3.8) is 0 Å². The molecule has 0 fully saturated rings. The van der Waals surface area contributed by atoms with Crippen LogP contribution in [-0.2, 0) is 5.60 Å². The third-order valence-electron chi connectivity index (χ3n) is 4.10. The van der Waals surface area contributed by atoms with E-state index < -0.39 is 23.5 Å². The fourth-order valence-electron chi connectivity index (χ4n) is 2.64. The number of hydrogen-bond donors (Lipinski definition) is 4. The summed E-state index contributed by atoms with van der Waals surface area (Å²) in [7, 11) is 0. The van der Waals surface area contributed by atoms with E-state index in [9.17, 15) is 19.1 Å². The molecule has 3 rings (SSSR count). The van der Waals surface area contributed by atoms with E-state index in [-0.39, 0.29) is 22.8 Å². The van der Waals surface area contributed by atoms with Crippen LogP contribution in [0.15, 0.2) is 42.5 Å². The van der Waals surface area contributed by atoms with E-state index in [1.807, 2.05) is 0 Å². The molecule has 0 aliphatic heterocycles. The molecule has 10 heteroatoms. The van der Waals surface area contributed by atoms with Crippen LogP contribution < -0.4 is 15.8 Å². The van der Waals surface area contributed by atoms with Crippen molar-refractivity contribution in [2.75, 3.05) is 5.32 Å². The van der Waals surface area contributed by atoms with Crippen LogP contribution in [0.25, 0.3) is 10.4 Å². The molecule has 2 aromatic heterocycles. The molecule has 0 bridgehead atoms. The van der Waals surface area contributed by atoms with E-state index in [1.165, 1.54) is 36.4 Å². The molecule has 0 aliphatic rings. The van der Waals surface area contributed by atoms with Crippen molar-refractivity contribution < 1.29 is 28.9 Å². The van der Waals surface area contributed by atoms with Gasteiger partial charge in [-0.05, 0) is 37.6 Å². The SMILES string of the molecule is CC(C)(O)c1ccc(-c2cc(C(N)=O)c(Nc3cccc(OC(=O)O)n3)s2)c(F)c1. The summed E-state index contributed by atoms with van der Waals surface area (Å²) in [5, 5.41) is 21.9. The number of halogens is 1. The number of carbonyl (C=O) groups excluding carboxylic acids is 1. The standard InChI is InChI=1S/C20H18FN3O5S/c1-20(2,28)10-6-7-11(13(21)8-10)14-9-12(17(22)25)18(30-14)24-15-4-3-5-16(23-15)29-19(26)27/h3-9,28H,1-2H3,(H2,22,25)(H,23,24)(H,26,27). The van der Waals surface area contributed by atoms with Crippen molar-refractivity contribution in [1.29, 1.82) is 0 Å². The number of anilines is 2. The highest BCUT2D eigenvalue weighted by Gasteiger charge is 2.21. The van der Waals surface area contributed by atoms with Gasteiger partial charge in [0.05, 0.1) is 11.2 Å². The minimum Gasteiger partial charge on any atom is -0.449 e. The first-order chi connectivity index (χ1) is 14.0. The Labute approximate surface area is 174 Å².